The summed E-state index contributed by atoms with van der Waals surface area (Å²) in [6, 6.07) is 12.7. The van der Waals surface area contributed by atoms with Crippen LogP contribution in [0.15, 0.2) is 67.0 Å². The van der Waals surface area contributed by atoms with Gasteiger partial charge < -0.3 is 20.2 Å². The van der Waals surface area contributed by atoms with Crippen LogP contribution in [-0.4, -0.2) is 92.0 Å². The van der Waals surface area contributed by atoms with Gasteiger partial charge in [-0.25, -0.2) is 9.18 Å². The third kappa shape index (κ3) is 6.76. The largest absolute Gasteiger partial charge is 0.478 e. The molecule has 1 aromatic heterocycles. The summed E-state index contributed by atoms with van der Waals surface area (Å²) in [4.78, 5) is 57.2. The van der Waals surface area contributed by atoms with E-state index in [0.717, 1.165) is 11.6 Å². The number of rotatable bonds is 7. The number of benzene rings is 3. The molecule has 2 N–H and O–H groups in total. The average Bonchev–Trinajstić information content (AvgIpc) is 3.60. The van der Waals surface area contributed by atoms with Crippen molar-refractivity contribution in [2.45, 2.75) is 12.5 Å². The number of anilines is 2. The van der Waals surface area contributed by atoms with E-state index in [1.54, 1.807) is 17.0 Å². The van der Waals surface area contributed by atoms with Crippen molar-refractivity contribution < 1.29 is 28.7 Å². The van der Waals surface area contributed by atoms with E-state index in [1.165, 1.54) is 58.4 Å². The van der Waals surface area contributed by atoms with Crippen molar-refractivity contribution in [3.05, 3.63) is 100 Å². The number of hydrogen-bond donors (Lipinski definition) is 2. The Hall–Kier alpha value is -5.18. The van der Waals surface area contributed by atoms with E-state index in [1.807, 2.05) is 18.0 Å². The van der Waals surface area contributed by atoms with Gasteiger partial charge >= 0.3 is 5.97 Å². The van der Waals surface area contributed by atoms with E-state index in [0.29, 0.717) is 36.4 Å². The molecule has 1 saturated heterocycles. The molecular formula is C32H29Cl2FN8O5. The second-order valence-corrected chi connectivity index (χ2v) is 11.5. The molecule has 3 amide bonds. The monoisotopic (exact) mass is 694 g/mol. The van der Waals surface area contributed by atoms with Gasteiger partial charge in [0.05, 0.1) is 22.8 Å². The summed E-state index contributed by atoms with van der Waals surface area (Å²) in [5, 5.41) is 22.9. The van der Waals surface area contributed by atoms with Crippen LogP contribution in [0.1, 0.15) is 33.1 Å². The van der Waals surface area contributed by atoms with Gasteiger partial charge in [-0.1, -0.05) is 23.7 Å². The predicted octanol–water partition coefficient (Wildman–Crippen LogP) is 3.63. The summed E-state index contributed by atoms with van der Waals surface area (Å²) in [6.45, 7) is 1.51. The maximum atomic E-state index is 15.2. The van der Waals surface area contributed by atoms with Crippen LogP contribution in [0.5, 0.6) is 0 Å². The van der Waals surface area contributed by atoms with Crippen LogP contribution in [0.25, 0.3) is 11.8 Å². The first-order chi connectivity index (χ1) is 22.6. The highest BCUT2D eigenvalue weighted by Crippen LogP contribution is 2.37. The molecule has 1 fully saturated rings. The molecule has 0 saturated carbocycles. The highest BCUT2D eigenvalue weighted by molar-refractivity contribution is 6.31. The molecule has 48 heavy (non-hydrogen) atoms. The minimum Gasteiger partial charge on any atom is -0.478 e. The van der Waals surface area contributed by atoms with Gasteiger partial charge in [0.15, 0.2) is 5.82 Å². The summed E-state index contributed by atoms with van der Waals surface area (Å²) >= 11 is 6.05. The van der Waals surface area contributed by atoms with Crippen LogP contribution in [0.4, 0.5) is 15.8 Å². The molecule has 0 spiro atoms. The lowest BCUT2D eigenvalue weighted by atomic mass is 9.89. The van der Waals surface area contributed by atoms with E-state index in [9.17, 15) is 24.3 Å². The van der Waals surface area contributed by atoms with Crippen molar-refractivity contribution in [2.75, 3.05) is 43.4 Å². The summed E-state index contributed by atoms with van der Waals surface area (Å²) < 4.78 is 16.5. The minimum absolute atomic E-state index is 0. The number of carboxylic acid groups (broad SMARTS) is 1. The Balaban J connectivity index is 0.00000451. The quantitative estimate of drug-likeness (QED) is 0.276. The van der Waals surface area contributed by atoms with Gasteiger partial charge in [0.1, 0.15) is 12.4 Å². The molecule has 3 heterocycles. The third-order valence-corrected chi connectivity index (χ3v) is 8.42. The highest BCUT2D eigenvalue weighted by Gasteiger charge is 2.38. The number of aromatic nitrogens is 4. The first kappa shape index (κ1) is 34.2. The van der Waals surface area contributed by atoms with Crippen LogP contribution in [0, 0.1) is 5.82 Å². The van der Waals surface area contributed by atoms with Gasteiger partial charge in [-0.05, 0) is 83.6 Å². The van der Waals surface area contributed by atoms with Crippen LogP contribution in [0.2, 0.25) is 5.02 Å². The van der Waals surface area contributed by atoms with Crippen molar-refractivity contribution in [3.63, 3.8) is 0 Å². The van der Waals surface area contributed by atoms with Gasteiger partial charge in [-0.2, -0.15) is 4.68 Å². The average molecular weight is 696 g/mol. The summed E-state index contributed by atoms with van der Waals surface area (Å²) in [5.74, 6) is -3.11. The van der Waals surface area contributed by atoms with Crippen LogP contribution in [0.3, 0.4) is 0 Å². The molecule has 3 aromatic carbocycles. The molecule has 2 aliphatic heterocycles. The van der Waals surface area contributed by atoms with E-state index < -0.39 is 29.6 Å². The smallest absolute Gasteiger partial charge is 0.335 e. The molecule has 6 rings (SSSR count). The van der Waals surface area contributed by atoms with Crippen LogP contribution in [-0.2, 0) is 20.8 Å². The van der Waals surface area contributed by atoms with Gasteiger partial charge in [0.25, 0.3) is 5.91 Å². The number of likely N-dealkylation sites (N-methyl/N-ethyl adjacent to an activating group) is 1. The first-order valence-electron chi connectivity index (χ1n) is 14.6. The van der Waals surface area contributed by atoms with Crippen molar-refractivity contribution in [2.24, 2.45) is 0 Å². The van der Waals surface area contributed by atoms with Crippen molar-refractivity contribution in [1.82, 2.24) is 30.0 Å². The molecule has 16 heteroatoms. The fourth-order valence-corrected chi connectivity index (χ4v) is 5.98. The molecule has 4 aromatic rings. The van der Waals surface area contributed by atoms with Crippen LogP contribution >= 0.6 is 24.0 Å². The van der Waals surface area contributed by atoms with E-state index >= 15 is 4.39 Å². The second kappa shape index (κ2) is 14.3. The summed E-state index contributed by atoms with van der Waals surface area (Å²) in [7, 11) is 1.87. The van der Waals surface area contributed by atoms with E-state index in [2.05, 4.69) is 20.8 Å². The third-order valence-electron chi connectivity index (χ3n) is 8.13. The Bertz CT molecular complexity index is 1910. The number of tetrazole rings is 1. The number of amides is 3. The topological polar surface area (TPSA) is 154 Å². The van der Waals surface area contributed by atoms with Gasteiger partial charge in [-0.3, -0.25) is 19.3 Å². The van der Waals surface area contributed by atoms with Gasteiger partial charge in [-0.15, -0.1) is 17.5 Å². The Morgan fingerprint density at radius 2 is 1.81 bits per heavy atom. The number of piperazine rings is 1. The lowest BCUT2D eigenvalue weighted by Gasteiger charge is -2.39. The molecule has 0 bridgehead atoms. The zero-order valence-corrected chi connectivity index (χ0v) is 27.0. The Kier molecular flexibility index (Phi) is 10.2. The molecule has 13 nitrogen and oxygen atoms in total. The lowest BCUT2D eigenvalue weighted by molar-refractivity contribution is -0.135. The van der Waals surface area contributed by atoms with Crippen molar-refractivity contribution in [1.29, 1.82) is 0 Å². The maximum absolute atomic E-state index is 15.2. The van der Waals surface area contributed by atoms with Gasteiger partial charge in [0.2, 0.25) is 11.8 Å². The molecule has 2 aliphatic rings. The summed E-state index contributed by atoms with van der Waals surface area (Å²) in [6.07, 6.45) is 4.04. The number of carboxylic acids is 1. The number of nitrogens with one attached hydrogen (secondary N) is 1. The number of halogens is 3. The predicted molar refractivity (Wildman–Crippen MR) is 177 cm³/mol. The lowest BCUT2D eigenvalue weighted by Crippen LogP contribution is -2.50. The first-order valence-corrected chi connectivity index (χ1v) is 14.9. The number of nitrogens with zero attached hydrogens (tertiary/aromatic N) is 7. The molecule has 1 atom stereocenters. The number of fused-ring (bicyclic) bond motifs is 1. The molecular weight excluding hydrogens is 666 g/mol. The number of carbonyl (C=O) groups is 4. The van der Waals surface area contributed by atoms with E-state index in [-0.39, 0.29) is 53.2 Å². The number of hydrogen-bond acceptors (Lipinski definition) is 8. The van der Waals surface area contributed by atoms with E-state index in [4.69, 9.17) is 11.6 Å². The Labute approximate surface area is 285 Å². The Morgan fingerprint density at radius 1 is 1.04 bits per heavy atom. The molecule has 0 unspecified atom stereocenters. The molecule has 0 radical (unpaired) electrons. The normalized spacial score (nSPS) is 16.4. The fourth-order valence-electron chi connectivity index (χ4n) is 5.81. The second-order valence-electron chi connectivity index (χ2n) is 11.1. The highest BCUT2D eigenvalue weighted by atomic mass is 35.5. The maximum Gasteiger partial charge on any atom is 0.335 e. The zero-order chi connectivity index (χ0) is 33.2. The van der Waals surface area contributed by atoms with Crippen LogP contribution < -0.4 is 10.2 Å². The zero-order valence-electron chi connectivity index (χ0n) is 25.4. The standard InChI is InChI=1S/C32H28ClFN8O5.ClH/c1-39-15-16-40(28(44)17-39)25-4-2-3-22-21(25)13-14-41(30(22)31(45)36-20-7-5-19(6-8-20)32(46)47)27(43)12-9-23-26(42-18-35-37-38-42)11-10-24(33)29(23)34;/h2-12,18,30H,13-17H2,1H3,(H,36,45)(H,46,47);1H/b12-9+;/t30-;/m0./s1. The molecule has 248 valence electrons. The fraction of sp³-hybridized carbons (Fsp3) is 0.219. The summed E-state index contributed by atoms with van der Waals surface area (Å²) in [5.41, 5.74) is 2.55. The van der Waals surface area contributed by atoms with Crippen molar-refractivity contribution >= 4 is 65.1 Å². The molecule has 0 aliphatic carbocycles. The number of carbonyl (C=O) groups excluding carboxylic acids is 3. The van der Waals surface area contributed by atoms with Gasteiger partial charge in [0, 0.05) is 42.6 Å². The van der Waals surface area contributed by atoms with Crippen molar-refractivity contribution in [3.8, 4) is 5.69 Å². The SMILES string of the molecule is CN1CCN(c2cccc3c2CCN(C(=O)/C=C/c2c(-n4cnnn4)ccc(Cl)c2F)[C@@H]3C(=O)Nc2ccc(C(=O)O)cc2)C(=O)C1.Cl. The minimum atomic E-state index is -1.14. The Morgan fingerprint density at radius 3 is 2.50 bits per heavy atom. The number of aromatic carboxylic acids is 1.